The van der Waals surface area contributed by atoms with E-state index >= 15 is 0 Å². The average Bonchev–Trinajstić information content (AvgIpc) is 3.91. The van der Waals surface area contributed by atoms with Gasteiger partial charge < -0.3 is 25.7 Å². The molecule has 0 spiro atoms. The van der Waals surface area contributed by atoms with Gasteiger partial charge in [-0.1, -0.05) is 36.4 Å². The monoisotopic (exact) mass is 722 g/mol. The van der Waals surface area contributed by atoms with E-state index in [2.05, 4.69) is 10.6 Å². The minimum absolute atomic E-state index is 0.0946. The van der Waals surface area contributed by atoms with E-state index < -0.39 is 11.9 Å². The number of amides is 3. The Hall–Kier alpha value is -5.33. The van der Waals surface area contributed by atoms with Gasteiger partial charge in [0.05, 0.1) is 17.7 Å². The molecule has 0 bridgehead atoms. The lowest BCUT2D eigenvalue weighted by Crippen LogP contribution is -2.41. The predicted molar refractivity (Wildman–Crippen MR) is 199 cm³/mol. The quantitative estimate of drug-likeness (QED) is 0.114. The Bertz CT molecular complexity index is 1970. The fraction of sp³-hybridized carbons (Fsp3) is 0.325. The lowest BCUT2D eigenvalue weighted by atomic mass is 9.95. The first-order chi connectivity index (χ1) is 25.0. The van der Waals surface area contributed by atoms with E-state index in [-0.39, 0.29) is 42.4 Å². The third-order valence-corrected chi connectivity index (χ3v) is 10.7. The van der Waals surface area contributed by atoms with E-state index in [0.717, 1.165) is 78.5 Å². The van der Waals surface area contributed by atoms with Gasteiger partial charge in [0.15, 0.2) is 0 Å². The van der Waals surface area contributed by atoms with E-state index in [4.69, 9.17) is 10.2 Å². The molecular formula is C40H42N4O7S. The molecule has 0 saturated heterocycles. The van der Waals surface area contributed by atoms with Crippen molar-refractivity contribution in [1.82, 2.24) is 9.80 Å². The minimum Gasteiger partial charge on any atom is -0.480 e. The van der Waals surface area contributed by atoms with Gasteiger partial charge in [0, 0.05) is 35.8 Å². The van der Waals surface area contributed by atoms with Crippen LogP contribution in [0.2, 0.25) is 0 Å². The van der Waals surface area contributed by atoms with Crippen molar-refractivity contribution in [2.75, 3.05) is 30.8 Å². The summed E-state index contributed by atoms with van der Waals surface area (Å²) < 4.78 is 0. The minimum atomic E-state index is -1.06. The Morgan fingerprint density at radius 3 is 2.10 bits per heavy atom. The number of aryl methyl sites for hydroxylation is 3. The first kappa shape index (κ1) is 36.5. The number of carboxylic acids is 2. The van der Waals surface area contributed by atoms with Gasteiger partial charge in [-0.05, 0) is 110 Å². The number of hydrogen-bond donors (Lipinski definition) is 4. The van der Waals surface area contributed by atoms with Crippen molar-refractivity contribution >= 4 is 51.7 Å². The number of likely N-dealkylation sites (N-methyl/N-ethyl adjacent to an activating group) is 1. The van der Waals surface area contributed by atoms with Crippen LogP contribution >= 0.6 is 11.3 Å². The summed E-state index contributed by atoms with van der Waals surface area (Å²) >= 11 is 1.46. The highest BCUT2D eigenvalue weighted by molar-refractivity contribution is 7.17. The van der Waals surface area contributed by atoms with Gasteiger partial charge >= 0.3 is 11.9 Å². The number of carboxylic acid groups (broad SMARTS) is 2. The lowest BCUT2D eigenvalue weighted by molar-refractivity contribution is -0.144. The SMILES string of the molecule is CN(CC(=O)O)C(=O)CN(Cc1cccc(C(=O)Nc2sc3c(c2C(=O)Nc2ccc(CCc4ccc(C(=O)O)cc4)cc2)CCCC3)c1)C1CC1. The van der Waals surface area contributed by atoms with Gasteiger partial charge in [-0.3, -0.25) is 24.1 Å². The Labute approximate surface area is 306 Å². The van der Waals surface area contributed by atoms with Gasteiger partial charge in [-0.2, -0.15) is 0 Å². The second-order valence-electron chi connectivity index (χ2n) is 13.5. The normalized spacial score (nSPS) is 13.7. The Morgan fingerprint density at radius 1 is 0.769 bits per heavy atom. The molecule has 270 valence electrons. The number of aromatic carboxylic acids is 1. The van der Waals surface area contributed by atoms with Crippen LogP contribution in [0.3, 0.4) is 0 Å². The van der Waals surface area contributed by atoms with Crippen molar-refractivity contribution in [3.05, 3.63) is 117 Å². The standard InChI is InChI=1S/C40H42N4O7S/c1-43(24-35(46)47)34(45)23-44(31-19-20-31)22-27-5-4-6-29(21-27)37(48)42-39-36(32-7-2-3-8-33(32)52-39)38(49)41-30-17-13-26(14-18-30)10-9-25-11-15-28(16-12-25)40(50)51/h4-6,11-18,21,31H,2-3,7-10,19-20,22-24H2,1H3,(H,41,49)(H,42,48)(H,46,47)(H,50,51). The number of aliphatic carboxylic acids is 1. The van der Waals surface area contributed by atoms with Gasteiger partial charge in [0.25, 0.3) is 11.8 Å². The van der Waals surface area contributed by atoms with Crippen molar-refractivity contribution in [2.45, 2.75) is 64.0 Å². The van der Waals surface area contributed by atoms with Crippen LogP contribution in [0, 0.1) is 0 Å². The van der Waals surface area contributed by atoms with E-state index in [1.807, 2.05) is 47.4 Å². The summed E-state index contributed by atoms with van der Waals surface area (Å²) in [6.45, 7) is 0.177. The molecule has 11 nitrogen and oxygen atoms in total. The molecule has 4 aromatic rings. The number of thiophene rings is 1. The molecule has 6 rings (SSSR count). The Balaban J connectivity index is 1.11. The maximum absolute atomic E-state index is 13.8. The van der Waals surface area contributed by atoms with E-state index in [1.54, 1.807) is 30.3 Å². The molecule has 0 atom stereocenters. The number of carbonyl (C=O) groups is 5. The number of fused-ring (bicyclic) bond motifs is 1. The summed E-state index contributed by atoms with van der Waals surface area (Å²) in [6, 6.07) is 22.0. The van der Waals surface area contributed by atoms with Crippen LogP contribution in [-0.4, -0.2) is 75.9 Å². The van der Waals surface area contributed by atoms with Crippen molar-refractivity contribution in [2.24, 2.45) is 0 Å². The summed E-state index contributed by atoms with van der Waals surface area (Å²) in [5, 5.41) is 24.8. The van der Waals surface area contributed by atoms with Crippen LogP contribution < -0.4 is 10.6 Å². The Morgan fingerprint density at radius 2 is 1.44 bits per heavy atom. The van der Waals surface area contributed by atoms with Crippen LogP contribution in [0.4, 0.5) is 10.7 Å². The number of nitrogens with zero attached hydrogens (tertiary/aromatic N) is 2. The zero-order valence-electron chi connectivity index (χ0n) is 29.0. The molecule has 0 unspecified atom stereocenters. The molecule has 0 radical (unpaired) electrons. The number of rotatable bonds is 15. The van der Waals surface area contributed by atoms with Gasteiger partial charge in [0.1, 0.15) is 11.5 Å². The highest BCUT2D eigenvalue weighted by Crippen LogP contribution is 2.39. The number of carbonyl (C=O) groups excluding carboxylic acids is 3. The summed E-state index contributed by atoms with van der Waals surface area (Å²) in [6.07, 6.45) is 7.06. The molecule has 1 heterocycles. The maximum atomic E-state index is 13.8. The van der Waals surface area contributed by atoms with E-state index in [0.29, 0.717) is 28.4 Å². The number of hydrogen-bond acceptors (Lipinski definition) is 7. The molecule has 1 aromatic heterocycles. The lowest BCUT2D eigenvalue weighted by Gasteiger charge is -2.24. The third kappa shape index (κ3) is 9.31. The van der Waals surface area contributed by atoms with Crippen LogP contribution in [-0.2, 0) is 41.8 Å². The number of benzene rings is 3. The topological polar surface area (TPSA) is 156 Å². The van der Waals surface area contributed by atoms with Crippen LogP contribution in [0.1, 0.15) is 83.9 Å². The van der Waals surface area contributed by atoms with Crippen LogP contribution in [0.5, 0.6) is 0 Å². The van der Waals surface area contributed by atoms with Gasteiger partial charge in [-0.15, -0.1) is 11.3 Å². The smallest absolute Gasteiger partial charge is 0.335 e. The highest BCUT2D eigenvalue weighted by Gasteiger charge is 2.32. The molecule has 2 aliphatic carbocycles. The molecule has 12 heteroatoms. The predicted octanol–water partition coefficient (Wildman–Crippen LogP) is 6.12. The Kier molecular flexibility index (Phi) is 11.5. The molecular weight excluding hydrogens is 681 g/mol. The number of anilines is 2. The summed E-state index contributed by atoms with van der Waals surface area (Å²) in [7, 11) is 1.48. The van der Waals surface area contributed by atoms with Crippen molar-refractivity contribution in [3.8, 4) is 0 Å². The average molecular weight is 723 g/mol. The van der Waals surface area contributed by atoms with Crippen molar-refractivity contribution < 1.29 is 34.2 Å². The largest absolute Gasteiger partial charge is 0.480 e. The van der Waals surface area contributed by atoms with E-state index in [9.17, 15) is 24.0 Å². The highest BCUT2D eigenvalue weighted by atomic mass is 32.1. The number of nitrogens with one attached hydrogen (secondary N) is 2. The fourth-order valence-corrected chi connectivity index (χ4v) is 7.79. The second kappa shape index (κ2) is 16.3. The first-order valence-corrected chi connectivity index (χ1v) is 18.3. The molecule has 1 fully saturated rings. The fourth-order valence-electron chi connectivity index (χ4n) is 6.51. The summed E-state index contributed by atoms with van der Waals surface area (Å²) in [4.78, 5) is 66.8. The van der Waals surface area contributed by atoms with Crippen LogP contribution in [0.25, 0.3) is 0 Å². The molecule has 4 N–H and O–H groups in total. The van der Waals surface area contributed by atoms with Gasteiger partial charge in [-0.25, -0.2) is 4.79 Å². The first-order valence-electron chi connectivity index (χ1n) is 17.5. The van der Waals surface area contributed by atoms with E-state index in [1.165, 1.54) is 23.3 Å². The van der Waals surface area contributed by atoms with Crippen molar-refractivity contribution in [1.29, 1.82) is 0 Å². The zero-order chi connectivity index (χ0) is 36.8. The van der Waals surface area contributed by atoms with Gasteiger partial charge in [0.2, 0.25) is 5.91 Å². The third-order valence-electron chi connectivity index (χ3n) is 9.52. The van der Waals surface area contributed by atoms with Crippen molar-refractivity contribution in [3.63, 3.8) is 0 Å². The summed E-state index contributed by atoms with van der Waals surface area (Å²) in [5.74, 6) is -2.88. The van der Waals surface area contributed by atoms with Crippen LogP contribution in [0.15, 0.2) is 72.8 Å². The molecule has 2 aliphatic rings. The molecule has 3 amide bonds. The molecule has 1 saturated carbocycles. The molecule has 52 heavy (non-hydrogen) atoms. The zero-order valence-corrected chi connectivity index (χ0v) is 29.8. The molecule has 0 aliphatic heterocycles. The second-order valence-corrected chi connectivity index (χ2v) is 14.6. The summed E-state index contributed by atoms with van der Waals surface area (Å²) in [5.41, 5.74) is 5.82. The molecule has 3 aromatic carbocycles. The maximum Gasteiger partial charge on any atom is 0.335 e.